The zero-order valence-electron chi connectivity index (χ0n) is 18.9. The van der Waals surface area contributed by atoms with Crippen molar-refractivity contribution < 1.29 is 33.5 Å². The number of carbonyl (C=O) groups is 5. The number of amides is 5. The van der Waals surface area contributed by atoms with Crippen LogP contribution in [-0.4, -0.2) is 62.6 Å². The molecule has 2 aliphatic heterocycles. The van der Waals surface area contributed by atoms with Crippen molar-refractivity contribution in [2.45, 2.75) is 43.8 Å². The van der Waals surface area contributed by atoms with Gasteiger partial charge < -0.3 is 14.8 Å². The molecule has 184 valence electrons. The molecule has 11 nitrogen and oxygen atoms in total. The number of aromatic hydroxyl groups is 1. The lowest BCUT2D eigenvalue weighted by Crippen LogP contribution is -2.56. The molecule has 0 spiro atoms. The lowest BCUT2D eigenvalue weighted by atomic mass is 9.85. The van der Waals surface area contributed by atoms with Gasteiger partial charge in [-0.3, -0.25) is 33.8 Å². The van der Waals surface area contributed by atoms with Gasteiger partial charge in [-0.2, -0.15) is 0 Å². The summed E-state index contributed by atoms with van der Waals surface area (Å²) in [6.07, 6.45) is 5.18. The highest BCUT2D eigenvalue weighted by atomic mass is 16.4. The molecule has 5 rings (SSSR count). The fourth-order valence-corrected chi connectivity index (χ4v) is 5.16. The van der Waals surface area contributed by atoms with Gasteiger partial charge in [-0.25, -0.2) is 4.79 Å². The number of benzene rings is 1. The van der Waals surface area contributed by atoms with Gasteiger partial charge in [-0.05, 0) is 37.0 Å². The van der Waals surface area contributed by atoms with Crippen molar-refractivity contribution in [3.8, 4) is 5.75 Å². The Labute approximate surface area is 203 Å². The van der Waals surface area contributed by atoms with E-state index in [0.717, 1.165) is 34.1 Å². The number of carbonyl (C=O) groups excluding carboxylic acids is 5. The third-order valence-electron chi connectivity index (χ3n) is 6.60. The predicted octanol–water partition coefficient (Wildman–Crippen LogP) is 0.297. The molecule has 0 bridgehead atoms. The van der Waals surface area contributed by atoms with E-state index in [1.165, 1.54) is 24.3 Å². The summed E-state index contributed by atoms with van der Waals surface area (Å²) in [7, 11) is 0. The fourth-order valence-electron chi connectivity index (χ4n) is 5.16. The summed E-state index contributed by atoms with van der Waals surface area (Å²) in [5.74, 6) is -2.48. The summed E-state index contributed by atoms with van der Waals surface area (Å²) in [5, 5.41) is 13.0. The first-order valence-electron chi connectivity index (χ1n) is 11.3. The molecule has 1 saturated carbocycles. The Morgan fingerprint density at radius 2 is 1.42 bits per heavy atom. The highest BCUT2D eigenvalue weighted by molar-refractivity contribution is 6.14. The Hall–Kier alpha value is -4.54. The maximum Gasteiger partial charge on any atom is 0.336 e. The lowest BCUT2D eigenvalue weighted by molar-refractivity contribution is -0.142. The smallest absolute Gasteiger partial charge is 0.336 e. The third kappa shape index (κ3) is 4.30. The molecule has 3 heterocycles. The molecule has 2 N–H and O–H groups in total. The van der Waals surface area contributed by atoms with E-state index in [4.69, 9.17) is 4.42 Å². The molecule has 0 radical (unpaired) electrons. The van der Waals surface area contributed by atoms with E-state index in [1.807, 2.05) is 0 Å². The second-order valence-corrected chi connectivity index (χ2v) is 8.99. The van der Waals surface area contributed by atoms with Gasteiger partial charge >= 0.3 is 5.63 Å². The van der Waals surface area contributed by atoms with Gasteiger partial charge in [0.05, 0.1) is 6.42 Å². The summed E-state index contributed by atoms with van der Waals surface area (Å²) in [4.78, 5) is 76.4. The molecule has 2 aromatic rings. The van der Waals surface area contributed by atoms with Crippen LogP contribution in [0.5, 0.6) is 5.75 Å². The Morgan fingerprint density at radius 1 is 0.861 bits per heavy atom. The minimum atomic E-state index is -0.675. The van der Waals surface area contributed by atoms with E-state index in [0.29, 0.717) is 10.9 Å². The van der Waals surface area contributed by atoms with Gasteiger partial charge in [0.15, 0.2) is 0 Å². The monoisotopic (exact) mass is 491 g/mol. The normalized spacial score (nSPS) is 23.8. The van der Waals surface area contributed by atoms with Crippen molar-refractivity contribution in [2.75, 3.05) is 0 Å². The number of nitrogens with zero attached hydrogens (tertiary/aromatic N) is 2. The first-order valence-corrected chi connectivity index (χ1v) is 11.3. The average Bonchev–Trinajstić information content (AvgIpc) is 3.32. The molecular formula is C25H21N3O8. The first kappa shape index (κ1) is 23.2. The molecule has 36 heavy (non-hydrogen) atoms. The lowest BCUT2D eigenvalue weighted by Gasteiger charge is -2.41. The van der Waals surface area contributed by atoms with Crippen LogP contribution in [0.25, 0.3) is 11.0 Å². The molecule has 0 saturated heterocycles. The van der Waals surface area contributed by atoms with Crippen molar-refractivity contribution in [2.24, 2.45) is 0 Å². The number of phenols is 1. The van der Waals surface area contributed by atoms with E-state index >= 15 is 0 Å². The fraction of sp³-hybridized carbons (Fsp3) is 0.280. The first-order chi connectivity index (χ1) is 17.2. The summed E-state index contributed by atoms with van der Waals surface area (Å²) in [6.45, 7) is 0. The molecule has 11 heteroatoms. The predicted molar refractivity (Wildman–Crippen MR) is 123 cm³/mol. The van der Waals surface area contributed by atoms with Gasteiger partial charge in [0.1, 0.15) is 11.3 Å². The van der Waals surface area contributed by atoms with E-state index in [2.05, 4.69) is 5.32 Å². The van der Waals surface area contributed by atoms with Crippen molar-refractivity contribution >= 4 is 40.5 Å². The minimum Gasteiger partial charge on any atom is -0.508 e. The van der Waals surface area contributed by atoms with Crippen LogP contribution in [0, 0.1) is 0 Å². The quantitative estimate of drug-likeness (QED) is 0.447. The maximum absolute atomic E-state index is 13.0. The largest absolute Gasteiger partial charge is 0.508 e. The standard InChI is InChI=1S/C25H21N3O8/c29-17-1-2-18-13(8-25(35)36-19(18)12-17)7-20(30)26-14-9-15(27-21(31)3-4-22(27)32)11-16(10-14)28-23(33)5-6-24(28)34/h1-6,8,12,14-16,29H,7,9-11H2,(H,26,30)/t14-,15-,16+. The third-order valence-corrected chi connectivity index (χ3v) is 6.60. The molecule has 1 aliphatic carbocycles. The Bertz CT molecular complexity index is 1350. The van der Waals surface area contributed by atoms with Gasteiger partial charge in [0.2, 0.25) is 5.91 Å². The zero-order chi connectivity index (χ0) is 25.6. The Kier molecular flexibility index (Phi) is 5.75. The van der Waals surface area contributed by atoms with E-state index in [-0.39, 0.29) is 37.0 Å². The summed E-state index contributed by atoms with van der Waals surface area (Å²) in [6, 6.07) is 3.63. The van der Waals surface area contributed by atoms with Crippen LogP contribution in [-0.2, 0) is 30.4 Å². The Morgan fingerprint density at radius 3 is 1.97 bits per heavy atom. The summed E-state index contributed by atoms with van der Waals surface area (Å²) < 4.78 is 5.10. The summed E-state index contributed by atoms with van der Waals surface area (Å²) in [5.41, 5.74) is -0.142. The average molecular weight is 491 g/mol. The number of phenolic OH excluding ortho intramolecular Hbond substituents is 1. The van der Waals surface area contributed by atoms with Crippen molar-refractivity contribution in [3.63, 3.8) is 0 Å². The molecule has 5 amide bonds. The Balaban J connectivity index is 1.37. The van der Waals surface area contributed by atoms with Crippen LogP contribution >= 0.6 is 0 Å². The topological polar surface area (TPSA) is 154 Å². The van der Waals surface area contributed by atoms with Gasteiger partial charge in [0, 0.05) is 59.9 Å². The molecule has 3 atom stereocenters. The van der Waals surface area contributed by atoms with Crippen LogP contribution in [0.3, 0.4) is 0 Å². The zero-order valence-corrected chi connectivity index (χ0v) is 18.9. The van der Waals surface area contributed by atoms with Crippen molar-refractivity contribution in [3.05, 3.63) is 64.6 Å². The molecule has 1 fully saturated rings. The summed E-state index contributed by atoms with van der Waals surface area (Å²) >= 11 is 0. The highest BCUT2D eigenvalue weighted by Gasteiger charge is 2.43. The van der Waals surface area contributed by atoms with Crippen LogP contribution in [0.1, 0.15) is 24.8 Å². The van der Waals surface area contributed by atoms with Crippen LogP contribution in [0.2, 0.25) is 0 Å². The van der Waals surface area contributed by atoms with E-state index in [1.54, 1.807) is 0 Å². The molecule has 0 unspecified atom stereocenters. The number of hydrogen-bond donors (Lipinski definition) is 2. The minimum absolute atomic E-state index is 0.0902. The van der Waals surface area contributed by atoms with Gasteiger partial charge in [0.25, 0.3) is 23.6 Å². The maximum atomic E-state index is 13.0. The van der Waals surface area contributed by atoms with Gasteiger partial charge in [-0.1, -0.05) is 0 Å². The number of fused-ring (bicyclic) bond motifs is 1. The van der Waals surface area contributed by atoms with E-state index in [9.17, 15) is 33.9 Å². The van der Waals surface area contributed by atoms with Gasteiger partial charge in [-0.15, -0.1) is 0 Å². The number of rotatable bonds is 5. The molecule has 3 aliphatic rings. The molecular weight excluding hydrogens is 470 g/mol. The number of nitrogens with one attached hydrogen (secondary N) is 1. The van der Waals surface area contributed by atoms with E-state index < -0.39 is 53.3 Å². The molecule has 1 aromatic heterocycles. The molecule has 1 aromatic carbocycles. The van der Waals surface area contributed by atoms with Crippen LogP contribution < -0.4 is 10.9 Å². The number of hydrogen-bond acceptors (Lipinski definition) is 8. The van der Waals surface area contributed by atoms with Crippen LogP contribution in [0.4, 0.5) is 0 Å². The van der Waals surface area contributed by atoms with Crippen molar-refractivity contribution in [1.82, 2.24) is 15.1 Å². The van der Waals surface area contributed by atoms with Crippen molar-refractivity contribution in [1.29, 1.82) is 0 Å². The number of imide groups is 2. The van der Waals surface area contributed by atoms with Crippen LogP contribution in [0.15, 0.2) is 57.8 Å². The second kappa shape index (κ2) is 8.91. The highest BCUT2D eigenvalue weighted by Crippen LogP contribution is 2.31. The second-order valence-electron chi connectivity index (χ2n) is 8.99. The SMILES string of the molecule is O=C(Cc1cc(=O)oc2cc(O)ccc12)N[C@@H]1C[C@@H](N2C(=O)C=CC2=O)C[C@@H](N2C(=O)C=CC2=O)C1.